The van der Waals surface area contributed by atoms with Crippen molar-refractivity contribution < 1.29 is 33.6 Å². The fraction of sp³-hybridized carbons (Fsp3) is 0.525. The number of nitrogens with zero attached hydrogens (tertiary/aromatic N) is 2. The average Bonchev–Trinajstić information content (AvgIpc) is 3.37. The molecule has 0 radical (unpaired) electrons. The van der Waals surface area contributed by atoms with Crippen LogP contribution in [0, 0.1) is 0 Å². The Bertz CT molecular complexity index is 1530. The van der Waals surface area contributed by atoms with Gasteiger partial charge in [0.15, 0.2) is 0 Å². The highest BCUT2D eigenvalue weighted by molar-refractivity contribution is 5.81. The summed E-state index contributed by atoms with van der Waals surface area (Å²) in [5, 5.41) is 11.4. The molecule has 4 atom stereocenters. The van der Waals surface area contributed by atoms with Gasteiger partial charge in [0.25, 0.3) is 0 Å². The lowest BCUT2D eigenvalue weighted by Crippen LogP contribution is -2.56. The zero-order valence-corrected chi connectivity index (χ0v) is 30.3. The lowest BCUT2D eigenvalue weighted by atomic mass is 9.84. The van der Waals surface area contributed by atoms with Crippen LogP contribution in [0.1, 0.15) is 61.8 Å². The number of hydrogen-bond acceptors (Lipinski definition) is 9. The van der Waals surface area contributed by atoms with Crippen LogP contribution in [0.3, 0.4) is 0 Å². The molecule has 2 aliphatic heterocycles. The molecule has 5 rings (SSSR count). The first kappa shape index (κ1) is 37.6. The van der Waals surface area contributed by atoms with Crippen molar-refractivity contribution in [2.75, 3.05) is 65.1 Å². The van der Waals surface area contributed by atoms with E-state index in [2.05, 4.69) is 36.9 Å². The number of rotatable bonds is 17. The van der Waals surface area contributed by atoms with Gasteiger partial charge in [-0.1, -0.05) is 56.3 Å². The van der Waals surface area contributed by atoms with Crippen LogP contribution in [0.2, 0.25) is 0 Å². The molecule has 50 heavy (non-hydrogen) atoms. The normalized spacial score (nSPS) is 20.4. The summed E-state index contributed by atoms with van der Waals surface area (Å²) < 4.78 is 29.1. The van der Waals surface area contributed by atoms with Crippen LogP contribution in [-0.4, -0.2) is 94.4 Å². The number of fused-ring (bicyclic) bond motifs is 1. The molecule has 1 saturated heterocycles. The van der Waals surface area contributed by atoms with Crippen molar-refractivity contribution in [1.29, 1.82) is 0 Å². The zero-order chi connectivity index (χ0) is 35.7. The smallest absolute Gasteiger partial charge is 0.239 e. The molecule has 2 heterocycles. The highest BCUT2D eigenvalue weighted by Crippen LogP contribution is 2.41. The molecule has 3 N–H and O–H groups in total. The fourth-order valence-corrected chi connectivity index (χ4v) is 7.15. The third-order valence-corrected chi connectivity index (χ3v) is 9.70. The number of carbonyl (C=O) groups excluding carboxylic acids is 1. The van der Waals surface area contributed by atoms with Crippen molar-refractivity contribution in [3.05, 3.63) is 89.0 Å². The summed E-state index contributed by atoms with van der Waals surface area (Å²) in [6.07, 6.45) is 0.445. The van der Waals surface area contributed by atoms with Crippen molar-refractivity contribution in [2.24, 2.45) is 5.73 Å². The van der Waals surface area contributed by atoms with Crippen LogP contribution in [0.4, 0.5) is 5.69 Å². The van der Waals surface area contributed by atoms with Crippen LogP contribution in [0.5, 0.6) is 11.5 Å². The second-order valence-electron chi connectivity index (χ2n) is 14.1. The number of methoxy groups -OCH3 is 2. The number of anilines is 1. The second-order valence-corrected chi connectivity index (χ2v) is 14.1. The molecule has 4 unspecified atom stereocenters. The number of β-amino-alcohol motifs (C(OH)–C–C–N with tert-alkyl or cyclic N) is 1. The molecule has 0 spiro atoms. The maximum atomic E-state index is 12.9. The predicted molar refractivity (Wildman–Crippen MR) is 195 cm³/mol. The average molecular weight is 690 g/mol. The molecule has 10 heteroatoms. The SMILES string of the molecule is COCCCN1CC(C)(C)c2ccc(COC3CN(C(=O)C(C)N)CC(O)C3c3ccc(OCCCOCc4ccccc4OC)cc3)cc21. The van der Waals surface area contributed by atoms with E-state index in [0.29, 0.717) is 33.0 Å². The number of aliphatic hydroxyl groups excluding tert-OH is 1. The standard InChI is InChI=1S/C40H55N3O7/c1-28(41)39(45)43-23-35(44)38(30-13-15-32(16-14-30)49-21-9-20-48-26-31-10-6-7-11-36(31)47-5)37(24-43)50-25-29-12-17-33-34(22-29)42(18-8-19-46-4)27-40(33,2)3/h6-7,10-17,22,28,35,37-38,44H,8-9,18-21,23-27,41H2,1-5H3. The summed E-state index contributed by atoms with van der Waals surface area (Å²) in [7, 11) is 3.40. The first-order chi connectivity index (χ1) is 24.1. The largest absolute Gasteiger partial charge is 0.496 e. The van der Waals surface area contributed by atoms with E-state index in [4.69, 9.17) is 29.4 Å². The van der Waals surface area contributed by atoms with Gasteiger partial charge in [-0.05, 0) is 54.3 Å². The van der Waals surface area contributed by atoms with Gasteiger partial charge in [0.05, 0.1) is 51.8 Å². The molecule has 272 valence electrons. The predicted octanol–water partition coefficient (Wildman–Crippen LogP) is 5.03. The first-order valence-corrected chi connectivity index (χ1v) is 17.7. The molecule has 0 aliphatic carbocycles. The Kier molecular flexibility index (Phi) is 13.2. The molecule has 3 aromatic rings. The number of benzene rings is 3. The van der Waals surface area contributed by atoms with Gasteiger partial charge in [0.1, 0.15) is 11.5 Å². The van der Waals surface area contributed by atoms with Gasteiger partial charge in [-0.2, -0.15) is 0 Å². The Morgan fingerprint density at radius 3 is 2.50 bits per heavy atom. The van der Waals surface area contributed by atoms with E-state index in [1.165, 1.54) is 11.3 Å². The van der Waals surface area contributed by atoms with Crippen molar-refractivity contribution in [3.63, 3.8) is 0 Å². The number of hydrogen-bond donors (Lipinski definition) is 2. The summed E-state index contributed by atoms with van der Waals surface area (Å²) in [6.45, 7) is 11.3. The lowest BCUT2D eigenvalue weighted by molar-refractivity contribution is -0.143. The first-order valence-electron chi connectivity index (χ1n) is 17.7. The molecule has 0 saturated carbocycles. The Morgan fingerprint density at radius 1 is 0.980 bits per heavy atom. The van der Waals surface area contributed by atoms with Gasteiger partial charge in [0.2, 0.25) is 5.91 Å². The van der Waals surface area contributed by atoms with Crippen LogP contribution in [0.15, 0.2) is 66.7 Å². The van der Waals surface area contributed by atoms with E-state index in [9.17, 15) is 9.90 Å². The van der Waals surface area contributed by atoms with Crippen LogP contribution < -0.4 is 20.1 Å². The second kappa shape index (κ2) is 17.5. The highest BCUT2D eigenvalue weighted by atomic mass is 16.5. The number of nitrogens with two attached hydrogens (primary N) is 1. The molecule has 0 bridgehead atoms. The molecular formula is C40H55N3O7. The molecule has 2 aliphatic rings. The van der Waals surface area contributed by atoms with E-state index >= 15 is 0 Å². The minimum Gasteiger partial charge on any atom is -0.496 e. The number of ether oxygens (including phenoxy) is 5. The fourth-order valence-electron chi connectivity index (χ4n) is 7.15. The molecule has 3 aromatic carbocycles. The summed E-state index contributed by atoms with van der Waals surface area (Å²) in [5.41, 5.74) is 11.6. The molecule has 0 aromatic heterocycles. The number of amides is 1. The maximum Gasteiger partial charge on any atom is 0.239 e. The molecule has 1 fully saturated rings. The minimum atomic E-state index is -0.819. The third kappa shape index (κ3) is 9.35. The maximum absolute atomic E-state index is 12.9. The van der Waals surface area contributed by atoms with Gasteiger partial charge >= 0.3 is 0 Å². The Morgan fingerprint density at radius 2 is 1.76 bits per heavy atom. The van der Waals surface area contributed by atoms with Gasteiger partial charge in [0, 0.05) is 68.9 Å². The summed E-state index contributed by atoms with van der Waals surface area (Å²) >= 11 is 0. The minimum absolute atomic E-state index is 0.0564. The molecular weight excluding hydrogens is 634 g/mol. The summed E-state index contributed by atoms with van der Waals surface area (Å²) in [6, 6.07) is 21.6. The Hall–Kier alpha value is -3.67. The number of para-hydroxylation sites is 1. The van der Waals surface area contributed by atoms with Gasteiger partial charge in [-0.3, -0.25) is 4.79 Å². The van der Waals surface area contributed by atoms with Crippen molar-refractivity contribution in [2.45, 2.75) is 76.4 Å². The van der Waals surface area contributed by atoms with Crippen LogP contribution in [0.25, 0.3) is 0 Å². The van der Waals surface area contributed by atoms with Crippen LogP contribution in [-0.2, 0) is 37.6 Å². The quantitative estimate of drug-likeness (QED) is 0.188. The number of carbonyl (C=O) groups is 1. The molecule has 1 amide bonds. The van der Waals surface area contributed by atoms with E-state index in [1.54, 1.807) is 26.0 Å². The van der Waals surface area contributed by atoms with Gasteiger partial charge < -0.3 is 44.3 Å². The summed E-state index contributed by atoms with van der Waals surface area (Å²) in [4.78, 5) is 17.0. The van der Waals surface area contributed by atoms with E-state index in [1.807, 2.05) is 48.5 Å². The topological polar surface area (TPSA) is 116 Å². The molecule has 10 nitrogen and oxygen atoms in total. The van der Waals surface area contributed by atoms with Crippen molar-refractivity contribution in [3.8, 4) is 11.5 Å². The Labute approximate surface area is 297 Å². The monoisotopic (exact) mass is 689 g/mol. The van der Waals surface area contributed by atoms with E-state index in [0.717, 1.165) is 60.7 Å². The van der Waals surface area contributed by atoms with E-state index < -0.39 is 18.2 Å². The Balaban J connectivity index is 1.21. The van der Waals surface area contributed by atoms with Crippen molar-refractivity contribution in [1.82, 2.24) is 4.90 Å². The van der Waals surface area contributed by atoms with Gasteiger partial charge in [-0.25, -0.2) is 0 Å². The summed E-state index contributed by atoms with van der Waals surface area (Å²) in [5.74, 6) is 1.04. The zero-order valence-electron chi connectivity index (χ0n) is 30.3. The number of piperidine rings is 1. The van der Waals surface area contributed by atoms with Crippen molar-refractivity contribution >= 4 is 11.6 Å². The van der Waals surface area contributed by atoms with Crippen LogP contribution >= 0.6 is 0 Å². The highest BCUT2D eigenvalue weighted by Gasteiger charge is 2.40. The number of likely N-dealkylation sites (tertiary alicyclic amines) is 1. The number of aliphatic hydroxyl groups is 1. The van der Waals surface area contributed by atoms with E-state index in [-0.39, 0.29) is 23.8 Å². The van der Waals surface area contributed by atoms with Gasteiger partial charge in [-0.15, -0.1) is 0 Å². The third-order valence-electron chi connectivity index (χ3n) is 9.70. The lowest BCUT2D eigenvalue weighted by Gasteiger charge is -2.42.